The summed E-state index contributed by atoms with van der Waals surface area (Å²) in [7, 11) is -1.59. The van der Waals surface area contributed by atoms with Crippen molar-refractivity contribution < 1.29 is 19.1 Å². The fourth-order valence-corrected chi connectivity index (χ4v) is 11.5. The Bertz CT molecular complexity index is 713. The van der Waals surface area contributed by atoms with Crippen molar-refractivity contribution >= 4 is 39.4 Å². The van der Waals surface area contributed by atoms with Crippen molar-refractivity contribution in [2.75, 3.05) is 0 Å². The van der Waals surface area contributed by atoms with Gasteiger partial charge in [-0.05, 0) is 0 Å². The number of benzene rings is 1. The van der Waals surface area contributed by atoms with E-state index in [1.165, 1.54) is 4.46 Å². The molecular formula is C23H36O4SeSi. The zero-order chi connectivity index (χ0) is 22.3. The van der Waals surface area contributed by atoms with Crippen molar-refractivity contribution in [3.63, 3.8) is 0 Å². The molecule has 1 aromatic carbocycles. The van der Waals surface area contributed by atoms with Gasteiger partial charge in [0.2, 0.25) is 0 Å². The molecule has 6 heteroatoms. The van der Waals surface area contributed by atoms with Gasteiger partial charge in [0, 0.05) is 0 Å². The van der Waals surface area contributed by atoms with Gasteiger partial charge in [-0.3, -0.25) is 0 Å². The maximum atomic E-state index is 13.5. The Hall–Kier alpha value is -1.10. The molecule has 1 aliphatic carbocycles. The van der Waals surface area contributed by atoms with Crippen molar-refractivity contribution in [3.05, 3.63) is 30.3 Å². The molecule has 0 N–H and O–H groups in total. The third-order valence-corrected chi connectivity index (χ3v) is 11.5. The van der Waals surface area contributed by atoms with Crippen molar-refractivity contribution in [2.45, 2.75) is 89.2 Å². The van der Waals surface area contributed by atoms with E-state index < -0.39 is 36.6 Å². The Morgan fingerprint density at radius 2 is 1.38 bits per heavy atom. The van der Waals surface area contributed by atoms with Crippen molar-refractivity contribution in [2.24, 2.45) is 5.41 Å². The molecule has 0 heterocycles. The molecule has 29 heavy (non-hydrogen) atoms. The SMILES string of the molecule is CC(C)(C)OC(=O)C1(C(=O)OC(C)(C)C)C[C@H]([Si](C)(C)C)[C@H]1[Se]c1ccccc1. The van der Waals surface area contributed by atoms with Gasteiger partial charge in [-0.1, -0.05) is 0 Å². The van der Waals surface area contributed by atoms with Gasteiger partial charge in [0.15, 0.2) is 0 Å². The molecule has 0 unspecified atom stereocenters. The van der Waals surface area contributed by atoms with Gasteiger partial charge in [-0.25, -0.2) is 0 Å². The van der Waals surface area contributed by atoms with Gasteiger partial charge in [0.05, 0.1) is 0 Å². The van der Waals surface area contributed by atoms with E-state index in [9.17, 15) is 9.59 Å². The minimum absolute atomic E-state index is 0.0295. The van der Waals surface area contributed by atoms with E-state index in [2.05, 4.69) is 31.8 Å². The van der Waals surface area contributed by atoms with E-state index in [0.717, 1.165) is 0 Å². The Morgan fingerprint density at radius 3 is 1.76 bits per heavy atom. The van der Waals surface area contributed by atoms with Crippen LogP contribution in [0.5, 0.6) is 0 Å². The molecule has 162 valence electrons. The zero-order valence-electron chi connectivity index (χ0n) is 19.3. The van der Waals surface area contributed by atoms with Crippen LogP contribution in [0.2, 0.25) is 30.0 Å². The van der Waals surface area contributed by atoms with Gasteiger partial charge >= 0.3 is 183 Å². The van der Waals surface area contributed by atoms with E-state index in [-0.39, 0.29) is 19.8 Å². The minimum atomic E-state index is -1.59. The van der Waals surface area contributed by atoms with E-state index in [4.69, 9.17) is 9.47 Å². The summed E-state index contributed by atoms with van der Waals surface area (Å²) in [5, 5.41) is 0. The van der Waals surface area contributed by atoms with Crippen LogP contribution in [0.3, 0.4) is 0 Å². The molecule has 0 spiro atoms. The van der Waals surface area contributed by atoms with E-state index in [1.807, 2.05) is 59.7 Å². The van der Waals surface area contributed by atoms with E-state index in [0.29, 0.717) is 12.0 Å². The Balaban J connectivity index is 2.50. The molecule has 4 nitrogen and oxygen atoms in total. The second kappa shape index (κ2) is 8.20. The quantitative estimate of drug-likeness (QED) is 0.349. The zero-order valence-corrected chi connectivity index (χ0v) is 22.0. The molecular weight excluding hydrogens is 447 g/mol. The van der Waals surface area contributed by atoms with Gasteiger partial charge in [0.1, 0.15) is 0 Å². The fraction of sp³-hybridized carbons (Fsp3) is 0.652. The summed E-state index contributed by atoms with van der Waals surface area (Å²) in [5.74, 6) is -0.840. The average Bonchev–Trinajstić information content (AvgIpc) is 2.48. The summed E-state index contributed by atoms with van der Waals surface area (Å²) >= 11 is -0.0295. The van der Waals surface area contributed by atoms with Gasteiger partial charge in [-0.15, -0.1) is 0 Å². The third kappa shape index (κ3) is 5.74. The second-order valence-corrected chi connectivity index (χ2v) is 19.0. The van der Waals surface area contributed by atoms with Gasteiger partial charge < -0.3 is 0 Å². The van der Waals surface area contributed by atoms with Crippen LogP contribution in [0, 0.1) is 5.41 Å². The second-order valence-electron chi connectivity index (χ2n) is 11.0. The van der Waals surface area contributed by atoms with E-state index in [1.54, 1.807) is 0 Å². The fourth-order valence-electron chi connectivity index (χ4n) is 3.56. The number of rotatable bonds is 5. The van der Waals surface area contributed by atoms with Crippen LogP contribution < -0.4 is 4.46 Å². The summed E-state index contributed by atoms with van der Waals surface area (Å²) < 4.78 is 12.8. The summed E-state index contributed by atoms with van der Waals surface area (Å²) in [6, 6.07) is 10.2. The van der Waals surface area contributed by atoms with Crippen LogP contribution >= 0.6 is 0 Å². The van der Waals surface area contributed by atoms with Crippen molar-refractivity contribution in [1.29, 1.82) is 0 Å². The monoisotopic (exact) mass is 484 g/mol. The molecule has 2 rings (SSSR count). The molecule has 1 aliphatic rings. The van der Waals surface area contributed by atoms with Crippen LogP contribution in [0.4, 0.5) is 0 Å². The van der Waals surface area contributed by atoms with Gasteiger partial charge in [-0.2, -0.15) is 0 Å². The average molecular weight is 484 g/mol. The molecule has 0 aromatic heterocycles. The first-order chi connectivity index (χ1) is 13.1. The van der Waals surface area contributed by atoms with Crippen LogP contribution in [-0.2, 0) is 19.1 Å². The molecule has 1 saturated carbocycles. The first kappa shape index (κ1) is 24.2. The first-order valence-corrected chi connectivity index (χ1v) is 15.7. The molecule has 1 aromatic rings. The van der Waals surface area contributed by atoms with Gasteiger partial charge in [0.25, 0.3) is 0 Å². The molecule has 0 radical (unpaired) electrons. The molecule has 1 fully saturated rings. The summed E-state index contributed by atoms with van der Waals surface area (Å²) in [6.07, 6.45) is 0.534. The molecule has 0 saturated heterocycles. The number of carbonyl (C=O) groups excluding carboxylic acids is 2. The predicted molar refractivity (Wildman–Crippen MR) is 121 cm³/mol. The Morgan fingerprint density at radius 1 is 0.931 bits per heavy atom. The number of hydrogen-bond donors (Lipinski definition) is 0. The summed E-state index contributed by atoms with van der Waals surface area (Å²) in [4.78, 5) is 26.9. The molecule has 0 amide bonds. The first-order valence-electron chi connectivity index (χ1n) is 10.2. The number of ether oxygens (including phenoxy) is 2. The Labute approximate surface area is 183 Å². The van der Waals surface area contributed by atoms with E-state index >= 15 is 0 Å². The normalized spacial score (nSPS) is 21.8. The maximum absolute atomic E-state index is 13.5. The summed E-state index contributed by atoms with van der Waals surface area (Å²) in [6.45, 7) is 18.0. The standard InChI is InChI=1S/C23H36O4SeSi/c1-21(2,3)26-19(24)23(20(25)27-22(4,5)6)15-17(29(7,8)9)18(23)28-16-13-11-10-12-14-16/h10-14,17-18H,15H2,1-9H3/t17-,18+/m0/s1. The predicted octanol–water partition coefficient (Wildman–Crippen LogP) is 4.59. The number of hydrogen-bond acceptors (Lipinski definition) is 4. The molecule has 0 aliphatic heterocycles. The van der Waals surface area contributed by atoms with Crippen molar-refractivity contribution in [3.8, 4) is 0 Å². The topological polar surface area (TPSA) is 52.6 Å². The Kier molecular flexibility index (Phi) is 6.84. The summed E-state index contributed by atoms with van der Waals surface area (Å²) in [5.41, 5.74) is -2.13. The van der Waals surface area contributed by atoms with Crippen molar-refractivity contribution in [1.82, 2.24) is 0 Å². The molecule has 2 atom stereocenters. The number of esters is 2. The van der Waals surface area contributed by atoms with Crippen LogP contribution in [-0.4, -0.2) is 46.2 Å². The van der Waals surface area contributed by atoms with Crippen LogP contribution in [0.15, 0.2) is 30.3 Å². The van der Waals surface area contributed by atoms with Crippen LogP contribution in [0.25, 0.3) is 0 Å². The van der Waals surface area contributed by atoms with Crippen LogP contribution in [0.1, 0.15) is 48.0 Å². The third-order valence-electron chi connectivity index (χ3n) is 5.04. The number of carbonyl (C=O) groups is 2. The molecule has 0 bridgehead atoms.